The van der Waals surface area contributed by atoms with Crippen molar-refractivity contribution in [2.24, 2.45) is 0 Å². The van der Waals surface area contributed by atoms with Gasteiger partial charge in [-0.1, -0.05) is 30.3 Å². The fraction of sp³-hybridized carbons (Fsp3) is 0.231. The summed E-state index contributed by atoms with van der Waals surface area (Å²) < 4.78 is 6.52. The highest BCUT2D eigenvalue weighted by Gasteiger charge is 2.17. The van der Waals surface area contributed by atoms with Gasteiger partial charge in [0, 0.05) is 0 Å². The second-order valence-corrected chi connectivity index (χ2v) is 3.81. The predicted molar refractivity (Wildman–Crippen MR) is 68.1 cm³/mol. The van der Waals surface area contributed by atoms with Crippen molar-refractivity contribution in [3.63, 3.8) is 0 Å². The molecular formula is C13H15N3O2. The molecule has 0 spiro atoms. The summed E-state index contributed by atoms with van der Waals surface area (Å²) in [5.74, 6) is -0.441. The first-order valence-corrected chi connectivity index (χ1v) is 5.74. The number of hydrogen-bond donors (Lipinski definition) is 1. The Balaban J connectivity index is 2.26. The van der Waals surface area contributed by atoms with E-state index in [1.807, 2.05) is 30.3 Å². The number of aromatic nitrogens is 2. The Morgan fingerprint density at radius 2 is 2.11 bits per heavy atom. The normalized spacial score (nSPS) is 10.3. The zero-order valence-electron chi connectivity index (χ0n) is 10.2. The van der Waals surface area contributed by atoms with E-state index >= 15 is 0 Å². The minimum Gasteiger partial charge on any atom is -0.461 e. The highest BCUT2D eigenvalue weighted by molar-refractivity contribution is 5.93. The first-order valence-electron chi connectivity index (χ1n) is 5.74. The van der Waals surface area contributed by atoms with Gasteiger partial charge in [0.1, 0.15) is 0 Å². The van der Waals surface area contributed by atoms with Crippen molar-refractivity contribution in [3.8, 4) is 0 Å². The lowest BCUT2D eigenvalue weighted by molar-refractivity contribution is 0.0514. The second-order valence-electron chi connectivity index (χ2n) is 3.81. The van der Waals surface area contributed by atoms with E-state index in [0.717, 1.165) is 5.56 Å². The van der Waals surface area contributed by atoms with Crippen molar-refractivity contribution >= 4 is 11.7 Å². The maximum Gasteiger partial charge on any atom is 0.358 e. The molecule has 1 aromatic carbocycles. The van der Waals surface area contributed by atoms with E-state index in [9.17, 15) is 4.79 Å². The van der Waals surface area contributed by atoms with Gasteiger partial charge in [-0.3, -0.25) is 4.68 Å². The number of esters is 1. The molecule has 18 heavy (non-hydrogen) atoms. The van der Waals surface area contributed by atoms with Crippen molar-refractivity contribution in [3.05, 3.63) is 47.8 Å². The van der Waals surface area contributed by atoms with Gasteiger partial charge in [0.2, 0.25) is 0 Å². The number of benzene rings is 1. The Hall–Kier alpha value is -2.30. The molecule has 0 bridgehead atoms. The molecule has 0 aliphatic heterocycles. The Bertz CT molecular complexity index is 534. The van der Waals surface area contributed by atoms with Crippen LogP contribution in [0.25, 0.3) is 0 Å². The first-order chi connectivity index (χ1) is 8.72. The van der Waals surface area contributed by atoms with Gasteiger partial charge in [0.15, 0.2) is 5.69 Å². The van der Waals surface area contributed by atoms with Crippen LogP contribution in [0, 0.1) is 0 Å². The predicted octanol–water partition coefficient (Wildman–Crippen LogP) is 1.69. The maximum absolute atomic E-state index is 11.8. The highest BCUT2D eigenvalue weighted by atomic mass is 16.5. The third-order valence-corrected chi connectivity index (χ3v) is 2.51. The first kappa shape index (κ1) is 12.2. The number of rotatable bonds is 4. The van der Waals surface area contributed by atoms with Gasteiger partial charge >= 0.3 is 5.97 Å². The molecule has 0 fully saturated rings. The van der Waals surface area contributed by atoms with Crippen LogP contribution in [0.5, 0.6) is 0 Å². The summed E-state index contributed by atoms with van der Waals surface area (Å²) in [6.45, 7) is 2.56. The molecule has 5 nitrogen and oxygen atoms in total. The molecule has 2 aromatic rings. The lowest BCUT2D eigenvalue weighted by Crippen LogP contribution is -2.15. The molecule has 1 heterocycles. The molecule has 0 saturated heterocycles. The molecular weight excluding hydrogens is 230 g/mol. The number of anilines is 1. The van der Waals surface area contributed by atoms with Gasteiger partial charge in [0.05, 0.1) is 25.0 Å². The van der Waals surface area contributed by atoms with Crippen LogP contribution in [0.15, 0.2) is 36.5 Å². The zero-order chi connectivity index (χ0) is 13.0. The third kappa shape index (κ3) is 2.51. The number of carbonyl (C=O) groups excluding carboxylic acids is 1. The highest BCUT2D eigenvalue weighted by Crippen LogP contribution is 2.14. The molecule has 94 valence electrons. The topological polar surface area (TPSA) is 70.1 Å². The van der Waals surface area contributed by atoms with Gasteiger partial charge < -0.3 is 10.5 Å². The van der Waals surface area contributed by atoms with Crippen LogP contribution < -0.4 is 5.73 Å². The summed E-state index contributed by atoms with van der Waals surface area (Å²) in [5.41, 5.74) is 7.43. The molecule has 0 aliphatic carbocycles. The summed E-state index contributed by atoms with van der Waals surface area (Å²) in [6, 6.07) is 9.74. The molecule has 0 amide bonds. The molecule has 0 unspecified atom stereocenters. The zero-order valence-corrected chi connectivity index (χ0v) is 10.2. The van der Waals surface area contributed by atoms with Crippen molar-refractivity contribution in [1.82, 2.24) is 9.78 Å². The average molecular weight is 245 g/mol. The summed E-state index contributed by atoms with van der Waals surface area (Å²) in [4.78, 5) is 11.8. The van der Waals surface area contributed by atoms with Gasteiger partial charge in [0.25, 0.3) is 0 Å². The van der Waals surface area contributed by atoms with Gasteiger partial charge in [-0.2, -0.15) is 5.10 Å². The van der Waals surface area contributed by atoms with Crippen LogP contribution in [-0.2, 0) is 11.3 Å². The molecule has 0 atom stereocenters. The van der Waals surface area contributed by atoms with Crippen LogP contribution in [0.1, 0.15) is 23.0 Å². The SMILES string of the molecule is CCOC(=O)c1c(N)cnn1Cc1ccccc1. The van der Waals surface area contributed by atoms with E-state index in [1.54, 1.807) is 11.6 Å². The van der Waals surface area contributed by atoms with Crippen molar-refractivity contribution in [2.75, 3.05) is 12.3 Å². The van der Waals surface area contributed by atoms with E-state index in [1.165, 1.54) is 6.20 Å². The third-order valence-electron chi connectivity index (χ3n) is 2.51. The molecule has 2 N–H and O–H groups in total. The molecule has 0 radical (unpaired) electrons. The van der Waals surface area contributed by atoms with E-state index in [4.69, 9.17) is 10.5 Å². The number of hydrogen-bond acceptors (Lipinski definition) is 4. The molecule has 0 aliphatic rings. The van der Waals surface area contributed by atoms with Gasteiger partial charge in [-0.05, 0) is 12.5 Å². The number of carbonyl (C=O) groups is 1. The minimum absolute atomic E-state index is 0.306. The van der Waals surface area contributed by atoms with Crippen molar-refractivity contribution < 1.29 is 9.53 Å². The van der Waals surface area contributed by atoms with Crippen molar-refractivity contribution in [1.29, 1.82) is 0 Å². The second kappa shape index (κ2) is 5.35. The molecule has 2 rings (SSSR count). The fourth-order valence-electron chi connectivity index (χ4n) is 1.70. The van der Waals surface area contributed by atoms with E-state index in [-0.39, 0.29) is 0 Å². The van der Waals surface area contributed by atoms with E-state index in [2.05, 4.69) is 5.10 Å². The summed E-state index contributed by atoms with van der Waals surface area (Å²) in [5, 5.41) is 4.11. The van der Waals surface area contributed by atoms with E-state index < -0.39 is 5.97 Å². The number of nitrogens with two attached hydrogens (primary N) is 1. The lowest BCUT2D eigenvalue weighted by atomic mass is 10.2. The smallest absolute Gasteiger partial charge is 0.358 e. The Morgan fingerprint density at radius 1 is 1.39 bits per heavy atom. The summed E-state index contributed by atoms with van der Waals surface area (Å²) in [6.07, 6.45) is 1.47. The summed E-state index contributed by atoms with van der Waals surface area (Å²) in [7, 11) is 0. The van der Waals surface area contributed by atoms with E-state index in [0.29, 0.717) is 24.5 Å². The Kier molecular flexibility index (Phi) is 3.62. The minimum atomic E-state index is -0.441. The van der Waals surface area contributed by atoms with Gasteiger partial charge in [-0.25, -0.2) is 4.79 Å². The Morgan fingerprint density at radius 3 is 2.78 bits per heavy atom. The average Bonchev–Trinajstić information content (AvgIpc) is 2.72. The lowest BCUT2D eigenvalue weighted by Gasteiger charge is -2.07. The van der Waals surface area contributed by atoms with Crippen LogP contribution in [-0.4, -0.2) is 22.4 Å². The molecule has 1 aromatic heterocycles. The maximum atomic E-state index is 11.8. The number of ether oxygens (including phenoxy) is 1. The standard InChI is InChI=1S/C13H15N3O2/c1-2-18-13(17)12-11(14)8-15-16(12)9-10-6-4-3-5-7-10/h3-8H,2,9,14H2,1H3. The van der Waals surface area contributed by atoms with Gasteiger partial charge in [-0.15, -0.1) is 0 Å². The van der Waals surface area contributed by atoms with Crippen LogP contribution >= 0.6 is 0 Å². The number of nitrogens with zero attached hydrogens (tertiary/aromatic N) is 2. The fourth-order valence-corrected chi connectivity index (χ4v) is 1.70. The Labute approximate surface area is 105 Å². The largest absolute Gasteiger partial charge is 0.461 e. The molecule has 0 saturated carbocycles. The monoisotopic (exact) mass is 245 g/mol. The van der Waals surface area contributed by atoms with Crippen LogP contribution in [0.4, 0.5) is 5.69 Å². The number of nitrogen functional groups attached to an aromatic ring is 1. The van der Waals surface area contributed by atoms with Crippen LogP contribution in [0.3, 0.4) is 0 Å². The van der Waals surface area contributed by atoms with Crippen LogP contribution in [0.2, 0.25) is 0 Å². The summed E-state index contributed by atoms with van der Waals surface area (Å²) >= 11 is 0. The quantitative estimate of drug-likeness (QED) is 0.832. The van der Waals surface area contributed by atoms with Crippen molar-refractivity contribution in [2.45, 2.75) is 13.5 Å². The molecule has 5 heteroatoms.